The maximum atomic E-state index is 14.8. The molecule has 7 nitrogen and oxygen atoms in total. The van der Waals surface area contributed by atoms with Crippen LogP contribution in [0.5, 0.6) is 5.75 Å². The lowest BCUT2D eigenvalue weighted by atomic mass is 9.92. The highest BCUT2D eigenvalue weighted by atomic mass is 19.1. The molecule has 2 aromatic heterocycles. The van der Waals surface area contributed by atoms with Crippen molar-refractivity contribution in [3.8, 4) is 28.0 Å². The van der Waals surface area contributed by atoms with Crippen LogP contribution in [0.25, 0.3) is 33.3 Å². The lowest BCUT2D eigenvalue weighted by Gasteiger charge is -2.34. The largest absolute Gasteiger partial charge is 0.496 e. The molecule has 40 heavy (non-hydrogen) atoms. The lowest BCUT2D eigenvalue weighted by molar-refractivity contribution is 0.0332. The van der Waals surface area contributed by atoms with E-state index in [1.165, 1.54) is 12.1 Å². The molecule has 2 fully saturated rings. The van der Waals surface area contributed by atoms with E-state index in [0.717, 1.165) is 85.6 Å². The molecule has 2 aromatic carbocycles. The van der Waals surface area contributed by atoms with Crippen molar-refractivity contribution >= 4 is 16.9 Å². The van der Waals surface area contributed by atoms with Gasteiger partial charge in [0.15, 0.2) is 0 Å². The summed E-state index contributed by atoms with van der Waals surface area (Å²) in [6.45, 7) is 6.16. The number of rotatable bonds is 7. The van der Waals surface area contributed by atoms with Crippen LogP contribution >= 0.6 is 0 Å². The summed E-state index contributed by atoms with van der Waals surface area (Å²) < 4.78 is 25.9. The Bertz CT molecular complexity index is 1490. The fourth-order valence-electron chi connectivity index (χ4n) is 5.93. The smallest absolute Gasteiger partial charge is 0.253 e. The average Bonchev–Trinajstić information content (AvgIpc) is 3.43. The number of amides is 1. The normalized spacial score (nSPS) is 16.9. The van der Waals surface area contributed by atoms with Crippen LogP contribution in [-0.2, 0) is 4.74 Å². The Hall–Kier alpha value is -3.75. The number of nitrogens with one attached hydrogen (secondary N) is 1. The zero-order valence-electron chi connectivity index (χ0n) is 22.9. The molecule has 208 valence electrons. The number of nitrogens with zero attached hydrogens (tertiary/aromatic N) is 3. The Morgan fingerprint density at radius 3 is 2.65 bits per heavy atom. The Balaban J connectivity index is 1.18. The third kappa shape index (κ3) is 5.60. The van der Waals surface area contributed by atoms with Gasteiger partial charge in [0.05, 0.1) is 20.3 Å². The number of benzene rings is 2. The number of likely N-dealkylation sites (tertiary alicyclic amines) is 1. The van der Waals surface area contributed by atoms with E-state index in [1.54, 1.807) is 19.4 Å². The first kappa shape index (κ1) is 26.5. The van der Waals surface area contributed by atoms with Gasteiger partial charge in [0.25, 0.3) is 5.91 Å². The summed E-state index contributed by atoms with van der Waals surface area (Å²) in [6, 6.07) is 14.4. The van der Waals surface area contributed by atoms with Crippen LogP contribution in [0.15, 0.2) is 60.9 Å². The zero-order chi connectivity index (χ0) is 27.5. The van der Waals surface area contributed by atoms with Gasteiger partial charge in [-0.15, -0.1) is 0 Å². The number of morpholine rings is 1. The molecule has 0 saturated carbocycles. The van der Waals surface area contributed by atoms with Gasteiger partial charge in [-0.1, -0.05) is 18.2 Å². The highest BCUT2D eigenvalue weighted by molar-refractivity contribution is 5.98. The predicted octanol–water partition coefficient (Wildman–Crippen LogP) is 5.62. The van der Waals surface area contributed by atoms with Gasteiger partial charge in [0, 0.05) is 66.2 Å². The zero-order valence-corrected chi connectivity index (χ0v) is 22.9. The molecule has 4 heterocycles. The molecule has 8 heteroatoms. The molecule has 0 radical (unpaired) electrons. The number of ether oxygens (including phenoxy) is 2. The van der Waals surface area contributed by atoms with Crippen LogP contribution in [0.3, 0.4) is 0 Å². The predicted molar refractivity (Wildman–Crippen MR) is 154 cm³/mol. The summed E-state index contributed by atoms with van der Waals surface area (Å²) in [5, 5.41) is 0.901. The highest BCUT2D eigenvalue weighted by Gasteiger charge is 2.25. The molecule has 2 aliphatic heterocycles. The number of aromatic nitrogens is 2. The number of H-pyrrole nitrogens is 1. The van der Waals surface area contributed by atoms with E-state index in [-0.39, 0.29) is 5.91 Å². The Morgan fingerprint density at radius 1 is 1.05 bits per heavy atom. The molecule has 0 spiro atoms. The van der Waals surface area contributed by atoms with E-state index in [0.29, 0.717) is 30.1 Å². The van der Waals surface area contributed by atoms with Crippen molar-refractivity contribution in [2.24, 2.45) is 5.92 Å². The number of aromatic amines is 1. The van der Waals surface area contributed by atoms with Crippen LogP contribution in [0.2, 0.25) is 0 Å². The SMILES string of the molecule is COc1ccccc1-c1c[nH]c2ncc(-c3cc(F)cc(C(=O)N4CCC(CCN5CCOCC5)CC4)c3)cc12. The maximum absolute atomic E-state index is 14.8. The summed E-state index contributed by atoms with van der Waals surface area (Å²) in [6.07, 6.45) is 6.74. The van der Waals surface area contributed by atoms with E-state index >= 15 is 0 Å². The van der Waals surface area contributed by atoms with Crippen LogP contribution < -0.4 is 4.74 Å². The average molecular weight is 543 g/mol. The first-order valence-electron chi connectivity index (χ1n) is 14.1. The van der Waals surface area contributed by atoms with Crippen molar-refractivity contribution in [1.29, 1.82) is 0 Å². The van der Waals surface area contributed by atoms with Crippen molar-refractivity contribution in [3.63, 3.8) is 0 Å². The molecule has 1 N–H and O–H groups in total. The number of hydrogen-bond donors (Lipinski definition) is 1. The van der Waals surface area contributed by atoms with Gasteiger partial charge in [-0.25, -0.2) is 9.37 Å². The summed E-state index contributed by atoms with van der Waals surface area (Å²) >= 11 is 0. The maximum Gasteiger partial charge on any atom is 0.253 e. The lowest BCUT2D eigenvalue weighted by Crippen LogP contribution is -2.40. The second-order valence-corrected chi connectivity index (χ2v) is 10.7. The molecule has 0 atom stereocenters. The van der Waals surface area contributed by atoms with Crippen LogP contribution in [-0.4, -0.2) is 78.7 Å². The van der Waals surface area contributed by atoms with Gasteiger partial charge in [0.1, 0.15) is 17.2 Å². The van der Waals surface area contributed by atoms with Crippen molar-refractivity contribution in [2.75, 3.05) is 53.0 Å². The molecule has 2 aliphatic rings. The highest BCUT2D eigenvalue weighted by Crippen LogP contribution is 2.36. The van der Waals surface area contributed by atoms with E-state index < -0.39 is 5.82 Å². The van der Waals surface area contributed by atoms with Gasteiger partial charge >= 0.3 is 0 Å². The number of para-hydroxylation sites is 1. The molecule has 0 bridgehead atoms. The third-order valence-electron chi connectivity index (χ3n) is 8.27. The number of pyridine rings is 1. The minimum atomic E-state index is -0.430. The summed E-state index contributed by atoms with van der Waals surface area (Å²) in [5.41, 5.74) is 4.38. The number of carbonyl (C=O) groups excluding carboxylic acids is 1. The van der Waals surface area contributed by atoms with E-state index in [9.17, 15) is 9.18 Å². The number of methoxy groups -OCH3 is 1. The van der Waals surface area contributed by atoms with E-state index in [2.05, 4.69) is 14.9 Å². The molecule has 2 saturated heterocycles. The first-order valence-corrected chi connectivity index (χ1v) is 14.1. The molecule has 0 unspecified atom stereocenters. The molecule has 1 amide bonds. The van der Waals surface area contributed by atoms with E-state index in [1.807, 2.05) is 41.4 Å². The number of piperidine rings is 1. The minimum Gasteiger partial charge on any atom is -0.496 e. The van der Waals surface area contributed by atoms with Crippen molar-refractivity contribution in [3.05, 3.63) is 72.3 Å². The van der Waals surface area contributed by atoms with Gasteiger partial charge in [0.2, 0.25) is 0 Å². The Morgan fingerprint density at radius 2 is 1.85 bits per heavy atom. The monoisotopic (exact) mass is 542 g/mol. The van der Waals surface area contributed by atoms with E-state index in [4.69, 9.17) is 9.47 Å². The van der Waals surface area contributed by atoms with Gasteiger partial charge in [-0.3, -0.25) is 9.69 Å². The van der Waals surface area contributed by atoms with Crippen LogP contribution in [0.4, 0.5) is 4.39 Å². The molecule has 4 aromatic rings. The Labute approximate surface area is 233 Å². The number of hydrogen-bond acceptors (Lipinski definition) is 5. The third-order valence-corrected chi connectivity index (χ3v) is 8.27. The van der Waals surface area contributed by atoms with Crippen LogP contribution in [0.1, 0.15) is 29.6 Å². The van der Waals surface area contributed by atoms with Gasteiger partial charge in [-0.2, -0.15) is 0 Å². The van der Waals surface area contributed by atoms with Crippen molar-refractivity contribution in [2.45, 2.75) is 19.3 Å². The fraction of sp³-hybridized carbons (Fsp3) is 0.375. The topological polar surface area (TPSA) is 70.7 Å². The second kappa shape index (κ2) is 11.8. The van der Waals surface area contributed by atoms with Crippen LogP contribution in [0, 0.1) is 11.7 Å². The summed E-state index contributed by atoms with van der Waals surface area (Å²) in [7, 11) is 1.65. The van der Waals surface area contributed by atoms with Gasteiger partial charge < -0.3 is 19.4 Å². The molecule has 6 rings (SSSR count). The second-order valence-electron chi connectivity index (χ2n) is 10.7. The number of halogens is 1. The van der Waals surface area contributed by atoms with Crippen molar-refractivity contribution in [1.82, 2.24) is 19.8 Å². The number of fused-ring (bicyclic) bond motifs is 1. The summed E-state index contributed by atoms with van der Waals surface area (Å²) in [5.74, 6) is 0.835. The minimum absolute atomic E-state index is 0.113. The fourth-order valence-corrected chi connectivity index (χ4v) is 5.93. The molecular weight excluding hydrogens is 507 g/mol. The Kier molecular flexibility index (Phi) is 7.80. The number of carbonyl (C=O) groups is 1. The van der Waals surface area contributed by atoms with Gasteiger partial charge in [-0.05, 0) is 67.6 Å². The molecular formula is C32H35FN4O3. The first-order chi connectivity index (χ1) is 19.6. The quantitative estimate of drug-likeness (QED) is 0.328. The standard InChI is InChI=1S/C32H35FN4O3/c1-39-30-5-3-2-4-27(30)29-21-35-31-28(29)19-25(20-34-31)23-16-24(18-26(33)17-23)32(38)37-10-7-22(8-11-37)6-9-36-12-14-40-15-13-36/h2-5,16-22H,6-15H2,1H3,(H,34,35). The van der Waals surface area contributed by atoms with Crippen molar-refractivity contribution < 1.29 is 18.7 Å². The molecule has 0 aliphatic carbocycles. The summed E-state index contributed by atoms with van der Waals surface area (Å²) in [4.78, 5) is 25.6.